The van der Waals surface area contributed by atoms with Crippen molar-refractivity contribution in [3.05, 3.63) is 64.2 Å². The number of anilines is 1. The van der Waals surface area contributed by atoms with Crippen LogP contribution in [0.3, 0.4) is 0 Å². The Labute approximate surface area is 170 Å². The van der Waals surface area contributed by atoms with Crippen molar-refractivity contribution < 1.29 is 9.59 Å². The topological polar surface area (TPSA) is 84.2 Å². The minimum absolute atomic E-state index is 0. The Bertz CT molecular complexity index is 824. The molecule has 0 bridgehead atoms. The fourth-order valence-electron chi connectivity index (χ4n) is 3.23. The Hall–Kier alpha value is -2.24. The molecule has 0 saturated carbocycles. The van der Waals surface area contributed by atoms with Crippen LogP contribution in [0.25, 0.3) is 0 Å². The van der Waals surface area contributed by atoms with Crippen LogP contribution in [-0.4, -0.2) is 17.9 Å². The summed E-state index contributed by atoms with van der Waals surface area (Å²) >= 11 is 5.83. The van der Waals surface area contributed by atoms with E-state index < -0.39 is 6.04 Å². The molecule has 2 aromatic carbocycles. The SMILES string of the molecule is CC(NC(=O)c1ccc(Cl)cc1)C(=O)NC1CCCc2cc(N)ccc21.Cl. The Kier molecular flexibility index (Phi) is 7.11. The van der Waals surface area contributed by atoms with Crippen LogP contribution < -0.4 is 16.4 Å². The van der Waals surface area contributed by atoms with Gasteiger partial charge in [-0.1, -0.05) is 17.7 Å². The summed E-state index contributed by atoms with van der Waals surface area (Å²) in [4.78, 5) is 24.8. The highest BCUT2D eigenvalue weighted by Gasteiger charge is 2.24. The average Bonchev–Trinajstić information content (AvgIpc) is 2.62. The van der Waals surface area contributed by atoms with E-state index >= 15 is 0 Å². The molecule has 7 heteroatoms. The number of amides is 2. The number of hydrogen-bond donors (Lipinski definition) is 3. The summed E-state index contributed by atoms with van der Waals surface area (Å²) in [6.07, 6.45) is 2.84. The summed E-state index contributed by atoms with van der Waals surface area (Å²) in [5.74, 6) is -0.511. The second-order valence-corrected chi connectivity index (χ2v) is 7.05. The number of benzene rings is 2. The second kappa shape index (κ2) is 9.11. The van der Waals surface area contributed by atoms with Crippen LogP contribution in [-0.2, 0) is 11.2 Å². The predicted molar refractivity (Wildman–Crippen MR) is 110 cm³/mol. The molecule has 4 N–H and O–H groups in total. The smallest absolute Gasteiger partial charge is 0.251 e. The van der Waals surface area contributed by atoms with Crippen molar-refractivity contribution in [3.8, 4) is 0 Å². The highest BCUT2D eigenvalue weighted by Crippen LogP contribution is 2.31. The minimum Gasteiger partial charge on any atom is -0.399 e. The van der Waals surface area contributed by atoms with E-state index in [0.717, 1.165) is 30.5 Å². The molecular formula is C20H23Cl2N3O2. The normalized spacial score (nSPS) is 16.4. The van der Waals surface area contributed by atoms with Gasteiger partial charge in [0.2, 0.25) is 5.91 Å². The summed E-state index contributed by atoms with van der Waals surface area (Å²) in [6.45, 7) is 1.68. The van der Waals surface area contributed by atoms with Gasteiger partial charge < -0.3 is 16.4 Å². The molecule has 2 aromatic rings. The maximum atomic E-state index is 12.5. The molecule has 0 aromatic heterocycles. The molecule has 0 spiro atoms. The van der Waals surface area contributed by atoms with E-state index in [9.17, 15) is 9.59 Å². The van der Waals surface area contributed by atoms with Gasteiger partial charge in [0.15, 0.2) is 0 Å². The van der Waals surface area contributed by atoms with Crippen molar-refractivity contribution in [2.24, 2.45) is 0 Å². The lowest BCUT2D eigenvalue weighted by Crippen LogP contribution is -2.46. The Morgan fingerprint density at radius 3 is 2.59 bits per heavy atom. The third kappa shape index (κ3) is 5.15. The van der Waals surface area contributed by atoms with Gasteiger partial charge in [-0.3, -0.25) is 9.59 Å². The quantitative estimate of drug-likeness (QED) is 0.676. The van der Waals surface area contributed by atoms with Gasteiger partial charge in [-0.15, -0.1) is 12.4 Å². The van der Waals surface area contributed by atoms with Gasteiger partial charge in [0.1, 0.15) is 6.04 Å². The van der Waals surface area contributed by atoms with Crippen molar-refractivity contribution in [2.45, 2.75) is 38.3 Å². The maximum absolute atomic E-state index is 12.5. The van der Waals surface area contributed by atoms with E-state index in [1.54, 1.807) is 31.2 Å². The molecule has 2 amide bonds. The summed E-state index contributed by atoms with van der Waals surface area (Å²) in [7, 11) is 0. The lowest BCUT2D eigenvalue weighted by molar-refractivity contribution is -0.123. The first-order valence-corrected chi connectivity index (χ1v) is 9.07. The third-order valence-corrected chi connectivity index (χ3v) is 4.90. The molecule has 3 rings (SSSR count). The summed E-state index contributed by atoms with van der Waals surface area (Å²) in [6, 6.07) is 11.7. The molecule has 27 heavy (non-hydrogen) atoms. The maximum Gasteiger partial charge on any atom is 0.251 e. The van der Waals surface area contributed by atoms with Crippen LogP contribution in [0.4, 0.5) is 5.69 Å². The van der Waals surface area contributed by atoms with Crippen molar-refractivity contribution in [1.29, 1.82) is 0 Å². The monoisotopic (exact) mass is 407 g/mol. The van der Waals surface area contributed by atoms with E-state index in [4.69, 9.17) is 17.3 Å². The molecule has 0 aliphatic heterocycles. The third-order valence-electron chi connectivity index (χ3n) is 4.65. The number of halogens is 2. The van der Waals surface area contributed by atoms with Gasteiger partial charge in [-0.05, 0) is 73.7 Å². The Morgan fingerprint density at radius 1 is 1.19 bits per heavy atom. The number of fused-ring (bicyclic) bond motifs is 1. The highest BCUT2D eigenvalue weighted by atomic mass is 35.5. The molecule has 0 radical (unpaired) electrons. The minimum atomic E-state index is -0.641. The average molecular weight is 408 g/mol. The van der Waals surface area contributed by atoms with Crippen LogP contribution in [0.2, 0.25) is 5.02 Å². The molecule has 144 valence electrons. The van der Waals surface area contributed by atoms with Crippen molar-refractivity contribution >= 4 is 41.5 Å². The largest absolute Gasteiger partial charge is 0.399 e. The van der Waals surface area contributed by atoms with Crippen LogP contribution in [0.5, 0.6) is 0 Å². The van der Waals surface area contributed by atoms with E-state index in [0.29, 0.717) is 10.6 Å². The van der Waals surface area contributed by atoms with Crippen LogP contribution in [0.1, 0.15) is 47.3 Å². The zero-order chi connectivity index (χ0) is 18.7. The molecule has 2 atom stereocenters. The molecule has 1 aliphatic rings. The summed E-state index contributed by atoms with van der Waals surface area (Å²) in [5.41, 5.74) is 9.34. The van der Waals surface area contributed by atoms with Crippen LogP contribution in [0.15, 0.2) is 42.5 Å². The number of aryl methyl sites for hydroxylation is 1. The first-order valence-electron chi connectivity index (χ1n) is 8.69. The fraction of sp³-hybridized carbons (Fsp3) is 0.300. The van der Waals surface area contributed by atoms with Gasteiger partial charge in [0, 0.05) is 16.3 Å². The first-order chi connectivity index (χ1) is 12.4. The second-order valence-electron chi connectivity index (χ2n) is 6.61. The number of nitrogens with one attached hydrogen (secondary N) is 2. The lowest BCUT2D eigenvalue weighted by atomic mass is 9.87. The van der Waals surface area contributed by atoms with Crippen molar-refractivity contribution in [3.63, 3.8) is 0 Å². The standard InChI is InChI=1S/C20H22ClN3O2.ClH/c1-12(23-20(26)13-5-7-15(21)8-6-13)19(25)24-18-4-2-3-14-11-16(22)9-10-17(14)18;/h5-12,18H,2-4,22H2,1H3,(H,23,26)(H,24,25);1H. The van der Waals surface area contributed by atoms with Crippen LogP contribution in [0, 0.1) is 0 Å². The number of nitrogen functional groups attached to an aromatic ring is 1. The summed E-state index contributed by atoms with van der Waals surface area (Å²) in [5, 5.41) is 6.33. The Morgan fingerprint density at radius 2 is 1.89 bits per heavy atom. The molecular weight excluding hydrogens is 385 g/mol. The van der Waals surface area contributed by atoms with E-state index in [1.165, 1.54) is 5.56 Å². The highest BCUT2D eigenvalue weighted by molar-refractivity contribution is 6.30. The van der Waals surface area contributed by atoms with Gasteiger partial charge >= 0.3 is 0 Å². The van der Waals surface area contributed by atoms with Gasteiger partial charge in [-0.25, -0.2) is 0 Å². The molecule has 5 nitrogen and oxygen atoms in total. The van der Waals surface area contributed by atoms with Crippen molar-refractivity contribution in [2.75, 3.05) is 5.73 Å². The van der Waals surface area contributed by atoms with Gasteiger partial charge in [-0.2, -0.15) is 0 Å². The Balaban J connectivity index is 0.00000261. The van der Waals surface area contributed by atoms with Gasteiger partial charge in [0.25, 0.3) is 5.91 Å². The zero-order valence-corrected chi connectivity index (χ0v) is 16.6. The molecule has 0 fully saturated rings. The zero-order valence-electron chi connectivity index (χ0n) is 15.0. The van der Waals surface area contributed by atoms with Crippen LogP contribution >= 0.6 is 24.0 Å². The fourth-order valence-corrected chi connectivity index (χ4v) is 3.35. The number of nitrogens with two attached hydrogens (primary N) is 1. The number of carbonyl (C=O) groups excluding carboxylic acids is 2. The lowest BCUT2D eigenvalue weighted by Gasteiger charge is -2.28. The summed E-state index contributed by atoms with van der Waals surface area (Å²) < 4.78 is 0. The van der Waals surface area contributed by atoms with Crippen molar-refractivity contribution in [1.82, 2.24) is 10.6 Å². The predicted octanol–water partition coefficient (Wildman–Crippen LogP) is 3.66. The van der Waals surface area contributed by atoms with E-state index in [2.05, 4.69) is 10.6 Å². The number of hydrogen-bond acceptors (Lipinski definition) is 3. The number of rotatable bonds is 4. The molecule has 0 heterocycles. The van der Waals surface area contributed by atoms with E-state index in [1.807, 2.05) is 18.2 Å². The molecule has 2 unspecified atom stereocenters. The van der Waals surface area contributed by atoms with E-state index in [-0.39, 0.29) is 30.3 Å². The number of carbonyl (C=O) groups is 2. The first kappa shape index (κ1) is 21.1. The molecule has 0 saturated heterocycles. The molecule has 1 aliphatic carbocycles. The van der Waals surface area contributed by atoms with Gasteiger partial charge in [0.05, 0.1) is 6.04 Å².